The molecule has 0 heterocycles. The number of carboxylic acids is 2. The minimum absolute atomic E-state index is 0. The van der Waals surface area contributed by atoms with Crippen molar-refractivity contribution < 1.29 is 55.4 Å². The maximum Gasteiger partial charge on any atom is 0.327 e. The van der Waals surface area contributed by atoms with E-state index in [0.29, 0.717) is 6.54 Å². The molecule has 9 heteroatoms. The number of hydrogen-bond donors (Lipinski definition) is 4. The minimum atomic E-state index is -0.981. The number of hydrogen-bond acceptors (Lipinski definition) is 4. The summed E-state index contributed by atoms with van der Waals surface area (Å²) in [5, 5.41) is 19.0. The molecular weight excluding hydrogens is 607 g/mol. The van der Waals surface area contributed by atoms with Crippen molar-refractivity contribution in [3.8, 4) is 0 Å². The van der Waals surface area contributed by atoms with E-state index in [2.05, 4.69) is 43.8 Å². The predicted octanol–water partition coefficient (Wildman–Crippen LogP) is 4.62. The molecule has 0 amide bonds. The van der Waals surface area contributed by atoms with E-state index in [1.807, 2.05) is 48.5 Å². The summed E-state index contributed by atoms with van der Waals surface area (Å²) in [5.41, 5.74) is 7.18. The Kier molecular flexibility index (Phi) is 17.7. The third-order valence-electron chi connectivity index (χ3n) is 2.61. The third kappa shape index (κ3) is 15.6. The fourth-order valence-electron chi connectivity index (χ4n) is 1.38. The smallest absolute Gasteiger partial charge is 0.327 e. The molecular formula is C18H20Br2LaN2O4. The molecule has 0 bridgehead atoms. The van der Waals surface area contributed by atoms with Crippen molar-refractivity contribution in [2.75, 3.05) is 17.6 Å². The van der Waals surface area contributed by atoms with E-state index >= 15 is 0 Å². The van der Waals surface area contributed by atoms with Gasteiger partial charge in [0.2, 0.25) is 0 Å². The normalized spacial score (nSPS) is 8.52. The van der Waals surface area contributed by atoms with Gasteiger partial charge in [-0.15, -0.1) is 0 Å². The van der Waals surface area contributed by atoms with E-state index in [4.69, 9.17) is 15.9 Å². The average Bonchev–Trinajstić information content (AvgIpc) is 2.60. The Labute approximate surface area is 203 Å². The standard InChI is InChI=1S/C9H10BrNO2.C6H6BrN.C3H4O2.La/c10-7-3-1-2-4-8(7)11-6-5-9(12)13;7-5-3-1-2-4-6(5)8;1-2-3(4)5;/h1-4,11H,5-6H2,(H,12,13);1-4H,8H2;2H,1H2,(H,4,5);. The van der Waals surface area contributed by atoms with Gasteiger partial charge < -0.3 is 21.3 Å². The van der Waals surface area contributed by atoms with Gasteiger partial charge in [0.25, 0.3) is 0 Å². The van der Waals surface area contributed by atoms with Crippen LogP contribution in [0.2, 0.25) is 0 Å². The number of aliphatic carboxylic acids is 2. The van der Waals surface area contributed by atoms with E-state index in [9.17, 15) is 9.59 Å². The van der Waals surface area contributed by atoms with E-state index in [1.54, 1.807) is 0 Å². The number of rotatable bonds is 5. The van der Waals surface area contributed by atoms with Gasteiger partial charge in [-0.05, 0) is 56.1 Å². The Morgan fingerprint density at radius 3 is 1.89 bits per heavy atom. The number of halogens is 2. The first-order valence-corrected chi connectivity index (χ1v) is 8.92. The minimum Gasteiger partial charge on any atom is -0.481 e. The Hall–Kier alpha value is -1.13. The first-order chi connectivity index (χ1) is 12.3. The molecule has 0 fully saturated rings. The fraction of sp³-hybridized carbons (Fsp3) is 0.111. The molecule has 1 radical (unpaired) electrons. The molecule has 0 aliphatic carbocycles. The van der Waals surface area contributed by atoms with Crippen LogP contribution >= 0.6 is 31.9 Å². The number of nitrogen functional groups attached to an aromatic ring is 1. The molecule has 143 valence electrons. The number of para-hydroxylation sites is 2. The summed E-state index contributed by atoms with van der Waals surface area (Å²) < 4.78 is 1.90. The van der Waals surface area contributed by atoms with Gasteiger partial charge in [0.05, 0.1) is 6.42 Å². The zero-order valence-electron chi connectivity index (χ0n) is 14.4. The molecule has 0 unspecified atom stereocenters. The number of benzene rings is 2. The molecule has 5 N–H and O–H groups in total. The van der Waals surface area contributed by atoms with Crippen LogP contribution in [0.5, 0.6) is 0 Å². The summed E-state index contributed by atoms with van der Waals surface area (Å²) in [6.45, 7) is 3.40. The van der Waals surface area contributed by atoms with Crippen LogP contribution < -0.4 is 11.1 Å². The molecule has 2 aromatic rings. The second kappa shape index (κ2) is 17.0. The van der Waals surface area contributed by atoms with Crippen molar-refractivity contribution in [1.29, 1.82) is 0 Å². The van der Waals surface area contributed by atoms with E-state index in [1.165, 1.54) is 0 Å². The molecule has 0 aromatic heterocycles. The van der Waals surface area contributed by atoms with Gasteiger partial charge in [-0.2, -0.15) is 0 Å². The summed E-state index contributed by atoms with van der Waals surface area (Å²) in [7, 11) is 0. The van der Waals surface area contributed by atoms with Crippen LogP contribution in [-0.4, -0.2) is 28.7 Å². The van der Waals surface area contributed by atoms with Crippen molar-refractivity contribution in [2.45, 2.75) is 6.42 Å². The quantitative estimate of drug-likeness (QED) is 0.285. The van der Waals surface area contributed by atoms with Crippen molar-refractivity contribution in [3.63, 3.8) is 0 Å². The van der Waals surface area contributed by atoms with Gasteiger partial charge >= 0.3 is 11.9 Å². The average molecular weight is 627 g/mol. The van der Waals surface area contributed by atoms with Crippen molar-refractivity contribution >= 4 is 55.2 Å². The molecule has 0 aliphatic heterocycles. The van der Waals surface area contributed by atoms with Crippen molar-refractivity contribution in [3.05, 3.63) is 70.1 Å². The Morgan fingerprint density at radius 2 is 1.52 bits per heavy atom. The maximum atomic E-state index is 10.2. The molecule has 0 atom stereocenters. The van der Waals surface area contributed by atoms with Gasteiger partial charge in [0, 0.05) is 68.5 Å². The van der Waals surface area contributed by atoms with Gasteiger partial charge in [0.15, 0.2) is 0 Å². The van der Waals surface area contributed by atoms with Crippen LogP contribution in [0, 0.1) is 35.6 Å². The number of carbonyl (C=O) groups is 2. The van der Waals surface area contributed by atoms with E-state index < -0.39 is 11.9 Å². The number of carboxylic acid groups (broad SMARTS) is 2. The van der Waals surface area contributed by atoms with Crippen LogP contribution in [-0.2, 0) is 9.59 Å². The van der Waals surface area contributed by atoms with E-state index in [-0.39, 0.29) is 42.0 Å². The fourth-order valence-corrected chi connectivity index (χ4v) is 2.09. The van der Waals surface area contributed by atoms with Crippen LogP contribution in [0.25, 0.3) is 0 Å². The Bertz CT molecular complexity index is 709. The van der Waals surface area contributed by atoms with Gasteiger partial charge in [-0.25, -0.2) is 4.79 Å². The van der Waals surface area contributed by atoms with Crippen molar-refractivity contribution in [2.24, 2.45) is 0 Å². The summed E-state index contributed by atoms with van der Waals surface area (Å²) in [5.74, 6) is -1.77. The van der Waals surface area contributed by atoms with Crippen molar-refractivity contribution in [1.82, 2.24) is 0 Å². The SMILES string of the molecule is C=CC(=O)O.Nc1ccccc1Br.O=C(O)CCNc1ccccc1Br.[La]. The zero-order chi connectivity index (χ0) is 19.9. The predicted molar refractivity (Wildman–Crippen MR) is 111 cm³/mol. The maximum absolute atomic E-state index is 10.2. The largest absolute Gasteiger partial charge is 0.481 e. The first kappa shape index (κ1) is 28.1. The number of nitrogens with one attached hydrogen (secondary N) is 1. The monoisotopic (exact) mass is 625 g/mol. The zero-order valence-corrected chi connectivity index (χ0v) is 21.2. The second-order valence-electron chi connectivity index (χ2n) is 4.61. The van der Waals surface area contributed by atoms with Gasteiger partial charge in [-0.3, -0.25) is 4.79 Å². The number of anilines is 2. The van der Waals surface area contributed by atoms with E-state index in [0.717, 1.165) is 26.4 Å². The number of nitrogens with two attached hydrogens (primary N) is 1. The Morgan fingerprint density at radius 1 is 1.04 bits per heavy atom. The second-order valence-corrected chi connectivity index (χ2v) is 6.32. The molecule has 6 nitrogen and oxygen atoms in total. The van der Waals surface area contributed by atoms with Crippen LogP contribution in [0.4, 0.5) is 11.4 Å². The molecule has 2 aromatic carbocycles. The molecule has 2 rings (SSSR count). The summed E-state index contributed by atoms with van der Waals surface area (Å²) in [6.07, 6.45) is 0.960. The first-order valence-electron chi connectivity index (χ1n) is 7.33. The molecule has 0 aliphatic rings. The third-order valence-corrected chi connectivity index (χ3v) is 4.02. The van der Waals surface area contributed by atoms with Gasteiger partial charge in [0.1, 0.15) is 0 Å². The summed E-state index contributed by atoms with van der Waals surface area (Å²) in [4.78, 5) is 19.5. The molecule has 0 saturated heterocycles. The summed E-state index contributed by atoms with van der Waals surface area (Å²) >= 11 is 6.62. The summed E-state index contributed by atoms with van der Waals surface area (Å²) in [6, 6.07) is 15.2. The molecule has 27 heavy (non-hydrogen) atoms. The van der Waals surface area contributed by atoms with Crippen LogP contribution in [0.3, 0.4) is 0 Å². The topological polar surface area (TPSA) is 113 Å². The van der Waals surface area contributed by atoms with Gasteiger partial charge in [-0.1, -0.05) is 30.8 Å². The Balaban J connectivity index is 0. The van der Waals surface area contributed by atoms with Crippen LogP contribution in [0.15, 0.2) is 70.1 Å². The molecule has 0 spiro atoms. The van der Waals surface area contributed by atoms with Crippen LogP contribution in [0.1, 0.15) is 6.42 Å². The molecule has 0 saturated carbocycles.